The van der Waals surface area contributed by atoms with Gasteiger partial charge in [-0.05, 0) is 20.8 Å². The van der Waals surface area contributed by atoms with E-state index < -0.39 is 28.0 Å². The maximum absolute atomic E-state index is 12.3. The molecule has 0 amide bonds. The molecular weight excluding hydrogens is 302 g/mol. The van der Waals surface area contributed by atoms with Gasteiger partial charge in [-0.1, -0.05) is 0 Å². The molecule has 1 atom stereocenters. The predicted molar refractivity (Wildman–Crippen MR) is 71.6 cm³/mol. The van der Waals surface area contributed by atoms with E-state index in [1.807, 2.05) is 0 Å². The van der Waals surface area contributed by atoms with Crippen LogP contribution in [0.3, 0.4) is 0 Å². The Kier molecular flexibility index (Phi) is 5.13. The second kappa shape index (κ2) is 6.27. The summed E-state index contributed by atoms with van der Waals surface area (Å²) in [7, 11) is -2.98. The molecule has 0 aliphatic heterocycles. The van der Waals surface area contributed by atoms with E-state index in [0.717, 1.165) is 7.11 Å². The first-order valence-electron chi connectivity index (χ1n) is 6.02. The Labute approximate surface area is 122 Å². The molecule has 1 rings (SSSR count). The van der Waals surface area contributed by atoms with Gasteiger partial charge in [0, 0.05) is 6.04 Å². The quantitative estimate of drug-likeness (QED) is 0.744. The lowest BCUT2D eigenvalue weighted by Gasteiger charge is -2.12. The van der Waals surface area contributed by atoms with Crippen molar-refractivity contribution in [2.75, 3.05) is 7.11 Å². The highest BCUT2D eigenvalue weighted by atomic mass is 32.2. The number of aryl methyl sites for hydroxylation is 2. The summed E-state index contributed by atoms with van der Waals surface area (Å²) in [4.78, 5) is 22.0. The summed E-state index contributed by atoms with van der Waals surface area (Å²) in [6, 6.07) is -0.840. The Morgan fingerprint density at radius 1 is 1.33 bits per heavy atom. The summed E-state index contributed by atoms with van der Waals surface area (Å²) in [5.74, 6) is -1.83. The number of ether oxygens (including phenoxy) is 1. The van der Waals surface area contributed by atoms with Gasteiger partial charge in [-0.3, -0.25) is 4.79 Å². The third-order valence-corrected chi connectivity index (χ3v) is 4.44. The standard InChI is InChI=1S/C12H17NO7S/c1-6(5-9(14)15)13-21(17,18)11-8(3)20-7(2)10(11)12(16)19-4/h6,13H,5H2,1-4H3,(H,14,15). The molecule has 8 nitrogen and oxygen atoms in total. The number of sulfonamides is 1. The molecule has 9 heteroatoms. The largest absolute Gasteiger partial charge is 0.481 e. The Hall–Kier alpha value is -1.87. The minimum atomic E-state index is -4.11. The van der Waals surface area contributed by atoms with Crippen LogP contribution >= 0.6 is 0 Å². The van der Waals surface area contributed by atoms with Crippen molar-refractivity contribution in [2.24, 2.45) is 0 Å². The molecular formula is C12H17NO7S. The fourth-order valence-corrected chi connectivity index (χ4v) is 3.60. The second-order valence-electron chi connectivity index (χ2n) is 4.53. The topological polar surface area (TPSA) is 123 Å². The van der Waals surface area contributed by atoms with E-state index in [9.17, 15) is 18.0 Å². The zero-order chi connectivity index (χ0) is 16.4. The van der Waals surface area contributed by atoms with Gasteiger partial charge in [0.2, 0.25) is 10.0 Å². The van der Waals surface area contributed by atoms with Crippen LogP contribution in [-0.2, 0) is 19.6 Å². The highest BCUT2D eigenvalue weighted by Gasteiger charge is 2.32. The molecule has 0 saturated carbocycles. The highest BCUT2D eigenvalue weighted by molar-refractivity contribution is 7.89. The number of carboxylic acid groups (broad SMARTS) is 1. The number of carboxylic acids is 1. The molecule has 1 heterocycles. The number of hydrogen-bond donors (Lipinski definition) is 2. The summed E-state index contributed by atoms with van der Waals surface area (Å²) >= 11 is 0. The molecule has 0 aliphatic rings. The molecule has 0 radical (unpaired) electrons. The van der Waals surface area contributed by atoms with Crippen LogP contribution in [0.15, 0.2) is 9.31 Å². The van der Waals surface area contributed by atoms with Crippen LogP contribution in [-0.4, -0.2) is 38.6 Å². The van der Waals surface area contributed by atoms with E-state index in [0.29, 0.717) is 0 Å². The first kappa shape index (κ1) is 17.2. The van der Waals surface area contributed by atoms with Crippen molar-refractivity contribution in [3.05, 3.63) is 17.1 Å². The monoisotopic (exact) mass is 319 g/mol. The summed E-state index contributed by atoms with van der Waals surface area (Å²) in [6.45, 7) is 4.25. The van der Waals surface area contributed by atoms with E-state index >= 15 is 0 Å². The van der Waals surface area contributed by atoms with Gasteiger partial charge in [0.25, 0.3) is 0 Å². The maximum Gasteiger partial charge on any atom is 0.342 e. The van der Waals surface area contributed by atoms with Crippen molar-refractivity contribution < 1.29 is 32.3 Å². The molecule has 0 fully saturated rings. The average molecular weight is 319 g/mol. The number of aliphatic carboxylic acids is 1. The van der Waals surface area contributed by atoms with Crippen molar-refractivity contribution in [2.45, 2.75) is 38.1 Å². The maximum atomic E-state index is 12.3. The fraction of sp³-hybridized carbons (Fsp3) is 0.500. The van der Waals surface area contributed by atoms with Gasteiger partial charge in [-0.15, -0.1) is 0 Å². The van der Waals surface area contributed by atoms with E-state index in [1.165, 1.54) is 20.8 Å². The van der Waals surface area contributed by atoms with Gasteiger partial charge in [0.1, 0.15) is 22.0 Å². The van der Waals surface area contributed by atoms with Crippen molar-refractivity contribution in [1.82, 2.24) is 4.72 Å². The SMILES string of the molecule is COC(=O)c1c(C)oc(C)c1S(=O)(=O)NC(C)CC(=O)O. The minimum Gasteiger partial charge on any atom is -0.481 e. The average Bonchev–Trinajstić information content (AvgIpc) is 2.61. The third-order valence-electron chi connectivity index (χ3n) is 2.70. The number of furan rings is 1. The van der Waals surface area contributed by atoms with Gasteiger partial charge < -0.3 is 14.3 Å². The van der Waals surface area contributed by atoms with Gasteiger partial charge in [-0.2, -0.15) is 0 Å². The number of methoxy groups -OCH3 is 1. The number of hydrogen-bond acceptors (Lipinski definition) is 6. The van der Waals surface area contributed by atoms with Crippen molar-refractivity contribution in [3.8, 4) is 0 Å². The summed E-state index contributed by atoms with van der Waals surface area (Å²) in [6.07, 6.45) is -0.386. The molecule has 0 aromatic carbocycles. The van der Waals surface area contributed by atoms with Gasteiger partial charge in [0.05, 0.1) is 13.5 Å². The molecule has 21 heavy (non-hydrogen) atoms. The normalized spacial score (nSPS) is 13.0. The minimum absolute atomic E-state index is 0.0305. The van der Waals surface area contributed by atoms with Crippen LogP contribution in [0.5, 0.6) is 0 Å². The van der Waals surface area contributed by atoms with Crippen LogP contribution in [0.1, 0.15) is 35.2 Å². The summed E-state index contributed by atoms with van der Waals surface area (Å²) in [5, 5.41) is 8.66. The predicted octanol–water partition coefficient (Wildman–Crippen LogP) is 0.825. The van der Waals surface area contributed by atoms with Gasteiger partial charge in [-0.25, -0.2) is 17.9 Å². The molecule has 0 bridgehead atoms. The van der Waals surface area contributed by atoms with Crippen LogP contribution in [0, 0.1) is 13.8 Å². The van der Waals surface area contributed by atoms with Crippen LogP contribution in [0.2, 0.25) is 0 Å². The number of rotatable bonds is 6. The number of nitrogens with one attached hydrogen (secondary N) is 1. The second-order valence-corrected chi connectivity index (χ2v) is 6.18. The lowest BCUT2D eigenvalue weighted by Crippen LogP contribution is -2.35. The van der Waals surface area contributed by atoms with Crippen molar-refractivity contribution >= 4 is 22.0 Å². The number of carbonyl (C=O) groups excluding carboxylic acids is 1. The zero-order valence-corrected chi connectivity index (χ0v) is 12.9. The Morgan fingerprint density at radius 3 is 2.38 bits per heavy atom. The van der Waals surface area contributed by atoms with Crippen LogP contribution in [0.25, 0.3) is 0 Å². The zero-order valence-electron chi connectivity index (χ0n) is 12.1. The highest BCUT2D eigenvalue weighted by Crippen LogP contribution is 2.27. The van der Waals surface area contributed by atoms with Crippen LogP contribution < -0.4 is 4.72 Å². The fourth-order valence-electron chi connectivity index (χ4n) is 1.95. The molecule has 1 aromatic rings. The lowest BCUT2D eigenvalue weighted by molar-refractivity contribution is -0.137. The van der Waals surface area contributed by atoms with Gasteiger partial charge >= 0.3 is 11.9 Å². The van der Waals surface area contributed by atoms with E-state index in [-0.39, 0.29) is 28.4 Å². The van der Waals surface area contributed by atoms with Crippen molar-refractivity contribution in [3.63, 3.8) is 0 Å². The van der Waals surface area contributed by atoms with Crippen molar-refractivity contribution in [1.29, 1.82) is 0 Å². The third kappa shape index (κ3) is 3.82. The summed E-state index contributed by atoms with van der Waals surface area (Å²) in [5.41, 5.74) is -0.190. The smallest absolute Gasteiger partial charge is 0.342 e. The molecule has 0 saturated heterocycles. The molecule has 2 N–H and O–H groups in total. The number of esters is 1. The molecule has 118 valence electrons. The molecule has 1 unspecified atom stereocenters. The van der Waals surface area contributed by atoms with Crippen LogP contribution in [0.4, 0.5) is 0 Å². The first-order chi connectivity index (χ1) is 9.60. The van der Waals surface area contributed by atoms with Gasteiger partial charge in [0.15, 0.2) is 0 Å². The Bertz CT molecular complexity index is 659. The van der Waals surface area contributed by atoms with E-state index in [2.05, 4.69) is 9.46 Å². The number of carbonyl (C=O) groups is 2. The molecule has 0 spiro atoms. The van der Waals surface area contributed by atoms with E-state index in [1.54, 1.807) is 0 Å². The first-order valence-corrected chi connectivity index (χ1v) is 7.51. The van der Waals surface area contributed by atoms with E-state index in [4.69, 9.17) is 9.52 Å². The molecule has 1 aromatic heterocycles. The Morgan fingerprint density at radius 2 is 1.90 bits per heavy atom. The summed E-state index contributed by atoms with van der Waals surface area (Å²) < 4.78 is 36.6. The Balaban J connectivity index is 3.26. The molecule has 0 aliphatic carbocycles. The lowest BCUT2D eigenvalue weighted by atomic mass is 10.2.